The molecule has 35 heavy (non-hydrogen) atoms. The summed E-state index contributed by atoms with van der Waals surface area (Å²) >= 11 is 21.8. The molecule has 3 N–H and O–H groups in total. The van der Waals surface area contributed by atoms with E-state index in [0.717, 1.165) is 21.6 Å². The van der Waals surface area contributed by atoms with Crippen LogP contribution in [0, 0.1) is 0 Å². The van der Waals surface area contributed by atoms with Crippen LogP contribution >= 0.6 is 81.6 Å². The minimum atomic E-state index is -1.69. The number of rotatable bonds is 7. The van der Waals surface area contributed by atoms with Crippen LogP contribution in [0.25, 0.3) is 11.1 Å². The molecule has 0 saturated carbocycles. The molecule has 2 atom stereocenters. The Morgan fingerprint density at radius 1 is 1.43 bits per heavy atom. The Labute approximate surface area is 252 Å². The molecule has 178 valence electrons. The van der Waals surface area contributed by atoms with E-state index in [4.69, 9.17) is 41.2 Å². The van der Waals surface area contributed by atoms with Crippen molar-refractivity contribution in [1.82, 2.24) is 25.4 Å². The van der Waals surface area contributed by atoms with Crippen LogP contribution in [-0.2, 0) is 14.4 Å². The maximum Gasteiger partial charge on any atom is 1.00 e. The molecule has 2 amide bonds. The van der Waals surface area contributed by atoms with Crippen molar-refractivity contribution < 1.29 is 49.0 Å². The van der Waals surface area contributed by atoms with Gasteiger partial charge in [-0.05, 0) is 6.26 Å². The van der Waals surface area contributed by atoms with Gasteiger partial charge in [-0.2, -0.15) is 0 Å². The summed E-state index contributed by atoms with van der Waals surface area (Å²) in [7, 11) is 0. The van der Waals surface area contributed by atoms with E-state index in [2.05, 4.69) is 20.5 Å². The molecule has 4 heterocycles. The summed E-state index contributed by atoms with van der Waals surface area (Å²) < 4.78 is 0.253. The number of thiazole rings is 1. The number of carboxylic acids is 1. The van der Waals surface area contributed by atoms with Crippen molar-refractivity contribution in [2.24, 2.45) is 0 Å². The van der Waals surface area contributed by atoms with Gasteiger partial charge in [0.15, 0.2) is 15.0 Å². The quantitative estimate of drug-likeness (QED) is 0.121. The first-order valence-electron chi connectivity index (χ1n) is 8.97. The van der Waals surface area contributed by atoms with Crippen molar-refractivity contribution in [3.8, 4) is 0 Å². The zero-order valence-corrected chi connectivity index (χ0v) is 25.3. The van der Waals surface area contributed by atoms with E-state index in [1.807, 2.05) is 6.26 Å². The number of halogens is 2. The first-order valence-corrected chi connectivity index (χ1v) is 14.2. The van der Waals surface area contributed by atoms with Crippen molar-refractivity contribution in [2.75, 3.05) is 17.7 Å². The minimum absolute atomic E-state index is 0. The van der Waals surface area contributed by atoms with Crippen molar-refractivity contribution in [2.45, 2.75) is 15.3 Å². The second kappa shape index (κ2) is 11.3. The van der Waals surface area contributed by atoms with Gasteiger partial charge in [0.1, 0.15) is 14.9 Å². The normalized spacial score (nSPS) is 20.9. The number of amides is 2. The zero-order chi connectivity index (χ0) is 24.8. The van der Waals surface area contributed by atoms with E-state index in [0.29, 0.717) is 14.9 Å². The molecular formula is C17H11Cl2N6NaO4S5. The van der Waals surface area contributed by atoms with E-state index in [-0.39, 0.29) is 61.9 Å². The van der Waals surface area contributed by atoms with Gasteiger partial charge in [-0.1, -0.05) is 58.5 Å². The van der Waals surface area contributed by atoms with E-state index in [1.54, 1.807) is 0 Å². The topological polar surface area (TPSA) is 154 Å². The third-order valence-electron chi connectivity index (χ3n) is 4.84. The largest absolute Gasteiger partial charge is 1.00 e. The minimum Gasteiger partial charge on any atom is -0.543 e. The number of thiocarbonyl (C=S) groups is 1. The molecule has 2 aromatic rings. The number of carbonyl (C=O) groups excluding carboxylic acids is 3. The monoisotopic (exact) mass is 616 g/mol. The molecule has 1 unspecified atom stereocenters. The zero-order valence-electron chi connectivity index (χ0n) is 17.7. The number of carboxylic acid groups (broad SMARTS) is 1. The molecule has 2 aliphatic heterocycles. The Hall–Kier alpha value is -0.750. The number of aliphatic carboxylic acids is 1. The Bertz CT molecular complexity index is 1300. The number of anilines is 1. The number of hydrogen-bond acceptors (Lipinski definition) is 13. The van der Waals surface area contributed by atoms with Crippen molar-refractivity contribution in [1.29, 1.82) is 0 Å². The summed E-state index contributed by atoms with van der Waals surface area (Å²) in [6.07, 6.45) is 1.81. The number of nitrogens with two attached hydrogens (primary N) is 1. The summed E-state index contributed by atoms with van der Waals surface area (Å²) in [5.74, 6) is -2.95. The van der Waals surface area contributed by atoms with Crippen LogP contribution in [0.3, 0.4) is 0 Å². The van der Waals surface area contributed by atoms with E-state index >= 15 is 0 Å². The number of nitrogens with zero attached hydrogens (tertiary/aromatic N) is 4. The Morgan fingerprint density at radius 3 is 2.66 bits per heavy atom. The molecule has 0 aliphatic carbocycles. The fraction of sp³-hybridized carbons (Fsp3) is 0.235. The average Bonchev–Trinajstić information content (AvgIpc) is 3.45. The number of carbonyl (C=O) groups is 3. The van der Waals surface area contributed by atoms with Crippen molar-refractivity contribution in [3.63, 3.8) is 0 Å². The maximum absolute atomic E-state index is 13.3. The van der Waals surface area contributed by atoms with Gasteiger partial charge in [-0.3, -0.25) is 14.5 Å². The number of nitrogens with one attached hydrogen (secondary N) is 1. The summed E-state index contributed by atoms with van der Waals surface area (Å²) in [4.78, 5) is 43.5. The average molecular weight is 618 g/mol. The standard InChI is InChI=1S/C17H12Cl2N6O4S5.Na/c1-31-16-24-23-11(34-16)5-2-32-14-17(4-30,13(29)25(14)8(5)12(27)28)22-10(26)7(9(18)19)6-3-33-15(20)21-6;/h3-4,14H,2H2,1H3,(H2,20,21)(H,22,26)(H,27,28);/q;+1/p-1/t14-,17?;/m0./s1. The predicted molar refractivity (Wildman–Crippen MR) is 136 cm³/mol. The smallest absolute Gasteiger partial charge is 0.543 e. The molecule has 0 aromatic carbocycles. The number of thioether (sulfide) groups is 2. The van der Waals surface area contributed by atoms with E-state index < -0.39 is 28.7 Å². The fourth-order valence-electron chi connectivity index (χ4n) is 3.35. The van der Waals surface area contributed by atoms with Crippen LogP contribution in [-0.4, -0.2) is 66.2 Å². The second-order valence-electron chi connectivity index (χ2n) is 6.68. The Morgan fingerprint density at radius 2 is 2.14 bits per heavy atom. The Kier molecular flexibility index (Phi) is 9.33. The molecule has 0 bridgehead atoms. The van der Waals surface area contributed by atoms with Gasteiger partial charge < -0.3 is 21.0 Å². The third-order valence-corrected chi connectivity index (χ3v) is 9.58. The summed E-state index contributed by atoms with van der Waals surface area (Å²) in [6, 6.07) is 0. The maximum atomic E-state index is 13.3. The van der Waals surface area contributed by atoms with Crippen LogP contribution in [0.1, 0.15) is 10.7 Å². The van der Waals surface area contributed by atoms with Crippen LogP contribution in [0.5, 0.6) is 0 Å². The summed E-state index contributed by atoms with van der Waals surface area (Å²) in [5, 5.41) is 24.9. The van der Waals surface area contributed by atoms with Crippen LogP contribution in [0.4, 0.5) is 5.13 Å². The molecule has 10 nitrogen and oxygen atoms in total. The number of fused-ring (bicyclic) bond motifs is 1. The van der Waals surface area contributed by atoms with Gasteiger partial charge >= 0.3 is 29.6 Å². The second-order valence-corrected chi connectivity index (χ2v) is 11.9. The molecule has 0 spiro atoms. The Balaban J connectivity index is 0.00000342. The summed E-state index contributed by atoms with van der Waals surface area (Å²) in [5.41, 5.74) is 3.84. The van der Waals surface area contributed by atoms with Crippen molar-refractivity contribution in [3.05, 3.63) is 26.3 Å². The van der Waals surface area contributed by atoms with Gasteiger partial charge in [0.2, 0.25) is 0 Å². The number of nitrogen functional groups attached to an aromatic ring is 1. The number of aromatic nitrogens is 3. The van der Waals surface area contributed by atoms with Gasteiger partial charge in [0, 0.05) is 22.1 Å². The molecule has 1 saturated heterocycles. The van der Waals surface area contributed by atoms with Crippen molar-refractivity contribution >= 4 is 121 Å². The van der Waals surface area contributed by atoms with E-state index in [9.17, 15) is 19.5 Å². The van der Waals surface area contributed by atoms with Gasteiger partial charge in [0.05, 0.1) is 22.9 Å². The van der Waals surface area contributed by atoms with Crippen LogP contribution < -0.4 is 45.7 Å². The fourth-order valence-corrected chi connectivity index (χ4v) is 7.49. The van der Waals surface area contributed by atoms with Gasteiger partial charge in [-0.15, -0.1) is 33.3 Å². The molecule has 1 fully saturated rings. The van der Waals surface area contributed by atoms with Crippen LogP contribution in [0.2, 0.25) is 0 Å². The molecule has 0 radical (unpaired) electrons. The molecule has 2 aromatic heterocycles. The summed E-state index contributed by atoms with van der Waals surface area (Å²) in [6.45, 7) is 0. The molecule has 2 aliphatic rings. The molecular weight excluding hydrogens is 606 g/mol. The molecule has 18 heteroatoms. The number of hydrogen-bond donors (Lipinski definition) is 2. The predicted octanol–water partition coefficient (Wildman–Crippen LogP) is -1.62. The van der Waals surface area contributed by atoms with Gasteiger partial charge in [0.25, 0.3) is 11.8 Å². The van der Waals surface area contributed by atoms with E-state index in [1.165, 1.54) is 40.2 Å². The first-order chi connectivity index (χ1) is 16.1. The molecule has 4 rings (SSSR count). The third kappa shape index (κ3) is 5.04. The SMILES string of the molecule is CSc1nnc(C2=C(C(=O)[O-])N3C(=O)C(C=S)(NC(=O)C(=C(Cl)Cl)c4csc(N)n4)[C@@H]3SC2)s1.[Na+]. The van der Waals surface area contributed by atoms with Gasteiger partial charge in [-0.25, -0.2) is 4.98 Å². The number of β-lactam (4-membered cyclic amide) rings is 1. The first kappa shape index (κ1) is 28.8. The van der Waals surface area contributed by atoms with Crippen LogP contribution in [0.15, 0.2) is 19.9 Å².